The van der Waals surface area contributed by atoms with Gasteiger partial charge in [0.25, 0.3) is 5.91 Å². The highest BCUT2D eigenvalue weighted by molar-refractivity contribution is 7.09. The first-order valence-corrected chi connectivity index (χ1v) is 7.32. The van der Waals surface area contributed by atoms with Crippen molar-refractivity contribution in [3.8, 4) is 0 Å². The van der Waals surface area contributed by atoms with E-state index in [1.54, 1.807) is 5.38 Å². The molecular formula is C13H13ClN4O2S. The Balaban J connectivity index is 2.18. The van der Waals surface area contributed by atoms with E-state index in [1.807, 2.05) is 0 Å². The lowest BCUT2D eigenvalue weighted by Gasteiger charge is -2.07. The molecule has 2 rings (SSSR count). The van der Waals surface area contributed by atoms with Crippen molar-refractivity contribution in [1.29, 1.82) is 0 Å². The molecule has 5 N–H and O–H groups in total. The second-order valence-corrected chi connectivity index (χ2v) is 5.53. The van der Waals surface area contributed by atoms with Gasteiger partial charge in [0.15, 0.2) is 0 Å². The molecule has 0 aliphatic rings. The first kappa shape index (κ1) is 15.4. The maximum Gasteiger partial charge on any atom is 0.275 e. The summed E-state index contributed by atoms with van der Waals surface area (Å²) in [5.41, 5.74) is 11.5. The molecule has 0 unspecified atom stereocenters. The fourth-order valence-corrected chi connectivity index (χ4v) is 2.57. The second kappa shape index (κ2) is 6.66. The number of nitrogens with zero attached hydrogens (tertiary/aromatic N) is 1. The van der Waals surface area contributed by atoms with Crippen molar-refractivity contribution in [3.05, 3.63) is 44.9 Å². The van der Waals surface area contributed by atoms with Crippen LogP contribution in [-0.4, -0.2) is 23.3 Å². The van der Waals surface area contributed by atoms with Gasteiger partial charge in [-0.15, -0.1) is 11.3 Å². The molecule has 0 bridgehead atoms. The molecule has 0 radical (unpaired) electrons. The Morgan fingerprint density at radius 3 is 2.81 bits per heavy atom. The van der Waals surface area contributed by atoms with Crippen LogP contribution in [0.5, 0.6) is 0 Å². The van der Waals surface area contributed by atoms with E-state index in [2.05, 4.69) is 10.3 Å². The topological polar surface area (TPSA) is 111 Å². The van der Waals surface area contributed by atoms with Gasteiger partial charge in [0.05, 0.1) is 15.7 Å². The van der Waals surface area contributed by atoms with Crippen LogP contribution in [0.4, 0.5) is 5.69 Å². The molecule has 8 heteroatoms. The van der Waals surface area contributed by atoms with Crippen LogP contribution in [0.25, 0.3) is 0 Å². The molecule has 0 saturated heterocycles. The Hall–Kier alpha value is -1.96. The SMILES string of the molecule is NCCc1nc(C(=O)Nc2cc(C(N)=O)ccc2Cl)cs1. The van der Waals surface area contributed by atoms with Gasteiger partial charge in [0, 0.05) is 17.4 Å². The van der Waals surface area contributed by atoms with E-state index in [0.717, 1.165) is 5.01 Å². The first-order valence-electron chi connectivity index (χ1n) is 6.06. The van der Waals surface area contributed by atoms with E-state index in [-0.39, 0.29) is 11.3 Å². The third-order valence-electron chi connectivity index (χ3n) is 2.64. The number of carbonyl (C=O) groups excluding carboxylic acids is 2. The number of nitrogens with one attached hydrogen (secondary N) is 1. The van der Waals surface area contributed by atoms with Crippen molar-refractivity contribution in [2.24, 2.45) is 11.5 Å². The molecule has 2 aromatic rings. The van der Waals surface area contributed by atoms with Crippen molar-refractivity contribution in [3.63, 3.8) is 0 Å². The summed E-state index contributed by atoms with van der Waals surface area (Å²) in [5.74, 6) is -1.00. The Kier molecular flexibility index (Phi) is 4.89. The number of anilines is 1. The van der Waals surface area contributed by atoms with Gasteiger partial charge in [-0.05, 0) is 24.7 Å². The van der Waals surface area contributed by atoms with Crippen molar-refractivity contribution in [2.45, 2.75) is 6.42 Å². The van der Waals surface area contributed by atoms with Gasteiger partial charge in [-0.2, -0.15) is 0 Å². The third-order valence-corrected chi connectivity index (χ3v) is 3.88. The van der Waals surface area contributed by atoms with Crippen LogP contribution in [-0.2, 0) is 6.42 Å². The van der Waals surface area contributed by atoms with Crippen LogP contribution in [0.1, 0.15) is 25.9 Å². The van der Waals surface area contributed by atoms with Gasteiger partial charge >= 0.3 is 0 Å². The minimum Gasteiger partial charge on any atom is -0.366 e. The lowest BCUT2D eigenvalue weighted by atomic mass is 10.2. The summed E-state index contributed by atoms with van der Waals surface area (Å²) >= 11 is 7.35. The molecule has 2 amide bonds. The minimum atomic E-state index is -0.596. The van der Waals surface area contributed by atoms with Crippen LogP contribution in [0.3, 0.4) is 0 Å². The highest BCUT2D eigenvalue weighted by Gasteiger charge is 2.13. The summed E-state index contributed by atoms with van der Waals surface area (Å²) in [6, 6.07) is 4.41. The Morgan fingerprint density at radius 1 is 1.38 bits per heavy atom. The van der Waals surface area contributed by atoms with Crippen LogP contribution >= 0.6 is 22.9 Å². The number of hydrogen-bond donors (Lipinski definition) is 3. The maximum absolute atomic E-state index is 12.1. The van der Waals surface area contributed by atoms with Gasteiger partial charge in [-0.1, -0.05) is 11.6 Å². The van der Waals surface area contributed by atoms with Gasteiger partial charge in [-0.25, -0.2) is 4.98 Å². The number of halogens is 1. The molecule has 0 atom stereocenters. The number of amides is 2. The zero-order valence-corrected chi connectivity index (χ0v) is 12.5. The van der Waals surface area contributed by atoms with E-state index >= 15 is 0 Å². The van der Waals surface area contributed by atoms with E-state index in [4.69, 9.17) is 23.1 Å². The number of aromatic nitrogens is 1. The molecule has 0 spiro atoms. The van der Waals surface area contributed by atoms with Crippen molar-refractivity contribution in [1.82, 2.24) is 4.98 Å². The molecule has 1 aromatic carbocycles. The van der Waals surface area contributed by atoms with E-state index in [1.165, 1.54) is 29.5 Å². The molecule has 1 heterocycles. The molecule has 21 heavy (non-hydrogen) atoms. The standard InChI is InChI=1S/C13H13ClN4O2S/c14-8-2-1-7(12(16)19)5-9(8)18-13(20)10-6-21-11(17-10)3-4-15/h1-2,5-6H,3-4,15H2,(H2,16,19)(H,18,20). The summed E-state index contributed by atoms with van der Waals surface area (Å²) in [5, 5.41) is 5.36. The highest BCUT2D eigenvalue weighted by Crippen LogP contribution is 2.24. The minimum absolute atomic E-state index is 0.261. The second-order valence-electron chi connectivity index (χ2n) is 4.18. The number of benzene rings is 1. The maximum atomic E-state index is 12.1. The number of primary amides is 1. The Labute approximate surface area is 130 Å². The Bertz CT molecular complexity index is 687. The molecule has 1 aromatic heterocycles. The van der Waals surface area contributed by atoms with Crippen LogP contribution in [0, 0.1) is 0 Å². The van der Waals surface area contributed by atoms with Gasteiger partial charge < -0.3 is 16.8 Å². The summed E-state index contributed by atoms with van der Waals surface area (Å²) in [6.45, 7) is 0.473. The fraction of sp³-hybridized carbons (Fsp3) is 0.154. The molecule has 0 aliphatic carbocycles. The summed E-state index contributed by atoms with van der Waals surface area (Å²) in [4.78, 5) is 27.4. The van der Waals surface area contributed by atoms with E-state index in [9.17, 15) is 9.59 Å². The van der Waals surface area contributed by atoms with E-state index < -0.39 is 11.8 Å². The molecule has 0 fully saturated rings. The van der Waals surface area contributed by atoms with Gasteiger partial charge in [0.1, 0.15) is 5.69 Å². The van der Waals surface area contributed by atoms with Crippen LogP contribution in [0.15, 0.2) is 23.6 Å². The fourth-order valence-electron chi connectivity index (χ4n) is 1.61. The van der Waals surface area contributed by atoms with Gasteiger partial charge in [-0.3, -0.25) is 9.59 Å². The van der Waals surface area contributed by atoms with Crippen molar-refractivity contribution < 1.29 is 9.59 Å². The number of rotatable bonds is 5. The van der Waals surface area contributed by atoms with Crippen molar-refractivity contribution >= 4 is 40.4 Å². The zero-order valence-electron chi connectivity index (χ0n) is 10.9. The van der Waals surface area contributed by atoms with Crippen LogP contribution < -0.4 is 16.8 Å². The Morgan fingerprint density at radius 2 is 2.14 bits per heavy atom. The predicted molar refractivity (Wildman–Crippen MR) is 82.8 cm³/mol. The first-order chi connectivity index (χ1) is 10.0. The highest BCUT2D eigenvalue weighted by atomic mass is 35.5. The lowest BCUT2D eigenvalue weighted by Crippen LogP contribution is -2.15. The molecule has 0 saturated carbocycles. The molecule has 110 valence electrons. The van der Waals surface area contributed by atoms with Crippen LogP contribution in [0.2, 0.25) is 5.02 Å². The zero-order chi connectivity index (χ0) is 15.4. The molecule has 0 aliphatic heterocycles. The number of nitrogens with two attached hydrogens (primary N) is 2. The van der Waals surface area contributed by atoms with Crippen molar-refractivity contribution in [2.75, 3.05) is 11.9 Å². The normalized spacial score (nSPS) is 10.4. The average Bonchev–Trinajstić information content (AvgIpc) is 2.90. The average molecular weight is 325 g/mol. The number of carbonyl (C=O) groups is 2. The molecule has 6 nitrogen and oxygen atoms in total. The number of thiazole rings is 1. The summed E-state index contributed by atoms with van der Waals surface area (Å²) in [7, 11) is 0. The smallest absolute Gasteiger partial charge is 0.275 e. The quantitative estimate of drug-likeness (QED) is 0.776. The predicted octanol–water partition coefficient (Wildman–Crippen LogP) is 1.65. The summed E-state index contributed by atoms with van der Waals surface area (Å²) in [6.07, 6.45) is 0.621. The monoisotopic (exact) mass is 324 g/mol. The third kappa shape index (κ3) is 3.78. The molecular weight excluding hydrogens is 312 g/mol. The summed E-state index contributed by atoms with van der Waals surface area (Å²) < 4.78 is 0. The van der Waals surface area contributed by atoms with E-state index in [0.29, 0.717) is 23.7 Å². The largest absolute Gasteiger partial charge is 0.366 e. The lowest BCUT2D eigenvalue weighted by molar-refractivity contribution is 0.0995. The van der Waals surface area contributed by atoms with Gasteiger partial charge in [0.2, 0.25) is 5.91 Å². The number of hydrogen-bond acceptors (Lipinski definition) is 5.